The Labute approximate surface area is 164 Å². The number of carbonyl (C=O) groups excluding carboxylic acids is 3. The number of esters is 1. The van der Waals surface area contributed by atoms with Gasteiger partial charge in [0.1, 0.15) is 5.82 Å². The van der Waals surface area contributed by atoms with E-state index in [1.165, 1.54) is 34.4 Å². The first-order valence-electron chi connectivity index (χ1n) is 8.68. The van der Waals surface area contributed by atoms with E-state index in [1.807, 2.05) is 0 Å². The van der Waals surface area contributed by atoms with Gasteiger partial charge in [0, 0.05) is 24.0 Å². The second-order valence-corrected chi connectivity index (χ2v) is 6.97. The molecule has 1 aromatic carbocycles. The summed E-state index contributed by atoms with van der Waals surface area (Å²) in [7, 11) is 0. The minimum atomic E-state index is -0.504. The second kappa shape index (κ2) is 8.79. The molecule has 2 aromatic rings. The highest BCUT2D eigenvalue weighted by molar-refractivity contribution is 7.13. The first-order valence-corrected chi connectivity index (χ1v) is 9.56. The summed E-state index contributed by atoms with van der Waals surface area (Å²) >= 11 is 1.19. The van der Waals surface area contributed by atoms with Gasteiger partial charge in [-0.2, -0.15) is 0 Å². The van der Waals surface area contributed by atoms with E-state index >= 15 is 0 Å². The fourth-order valence-electron chi connectivity index (χ4n) is 2.82. The van der Waals surface area contributed by atoms with Crippen LogP contribution in [0.1, 0.15) is 19.0 Å². The molecule has 8 nitrogen and oxygen atoms in total. The molecule has 1 fully saturated rings. The third kappa shape index (κ3) is 5.03. The summed E-state index contributed by atoms with van der Waals surface area (Å²) in [6.07, 6.45) is 0.156. The van der Waals surface area contributed by atoms with E-state index in [1.54, 1.807) is 18.4 Å². The molecule has 1 aromatic heterocycles. The summed E-state index contributed by atoms with van der Waals surface area (Å²) in [6, 6.07) is 4.84. The summed E-state index contributed by atoms with van der Waals surface area (Å²) in [4.78, 5) is 41.4. The van der Waals surface area contributed by atoms with Gasteiger partial charge in [-0.3, -0.25) is 14.9 Å². The van der Waals surface area contributed by atoms with Gasteiger partial charge in [0.2, 0.25) is 5.91 Å². The summed E-state index contributed by atoms with van der Waals surface area (Å²) in [6.45, 7) is 2.27. The molecule has 0 aliphatic carbocycles. The van der Waals surface area contributed by atoms with Crippen molar-refractivity contribution in [2.45, 2.75) is 25.8 Å². The predicted octanol–water partition coefficient (Wildman–Crippen LogP) is 2.31. The van der Waals surface area contributed by atoms with E-state index in [-0.39, 0.29) is 31.3 Å². The predicted molar refractivity (Wildman–Crippen MR) is 102 cm³/mol. The van der Waals surface area contributed by atoms with Gasteiger partial charge in [-0.05, 0) is 25.1 Å². The van der Waals surface area contributed by atoms with Gasteiger partial charge in [-0.25, -0.2) is 14.2 Å². The van der Waals surface area contributed by atoms with Crippen molar-refractivity contribution in [1.29, 1.82) is 0 Å². The molecule has 1 aliphatic rings. The van der Waals surface area contributed by atoms with Crippen LogP contribution in [-0.4, -0.2) is 42.1 Å². The number of amides is 3. The number of aromatic nitrogens is 1. The average molecular weight is 406 g/mol. The molecule has 2 N–H and O–H groups in total. The monoisotopic (exact) mass is 406 g/mol. The molecule has 3 amide bonds. The Morgan fingerprint density at radius 2 is 2.25 bits per heavy atom. The molecule has 3 rings (SSSR count). The average Bonchev–Trinajstić information content (AvgIpc) is 3.21. The van der Waals surface area contributed by atoms with Crippen molar-refractivity contribution in [3.63, 3.8) is 0 Å². The Morgan fingerprint density at radius 3 is 3.00 bits per heavy atom. The number of urea groups is 1. The minimum Gasteiger partial charge on any atom is -0.466 e. The second-order valence-electron chi connectivity index (χ2n) is 6.11. The van der Waals surface area contributed by atoms with Gasteiger partial charge in [-0.15, -0.1) is 11.3 Å². The van der Waals surface area contributed by atoms with Crippen LogP contribution in [0.15, 0.2) is 29.6 Å². The Hall–Kier alpha value is -3.01. The number of thiazole rings is 1. The number of ether oxygens (including phenoxy) is 1. The molecule has 1 saturated heterocycles. The van der Waals surface area contributed by atoms with Crippen LogP contribution in [0, 0.1) is 5.82 Å². The van der Waals surface area contributed by atoms with Crippen molar-refractivity contribution in [2.24, 2.45) is 0 Å². The maximum Gasteiger partial charge on any atom is 0.321 e. The highest BCUT2D eigenvalue weighted by Gasteiger charge is 2.31. The molecular weight excluding hydrogens is 387 g/mol. The Balaban J connectivity index is 1.52. The molecular formula is C18H19FN4O4S. The summed E-state index contributed by atoms with van der Waals surface area (Å²) in [5.74, 6) is -1.01. The number of benzene rings is 1. The van der Waals surface area contributed by atoms with Crippen molar-refractivity contribution in [3.8, 4) is 0 Å². The number of nitrogens with one attached hydrogen (secondary N) is 2. The summed E-state index contributed by atoms with van der Waals surface area (Å²) in [5.41, 5.74) is 0.963. The zero-order valence-electron chi connectivity index (χ0n) is 15.1. The molecule has 1 atom stereocenters. The number of carbonyl (C=O) groups is 3. The van der Waals surface area contributed by atoms with Gasteiger partial charge in [0.25, 0.3) is 0 Å². The van der Waals surface area contributed by atoms with Crippen LogP contribution in [0.4, 0.5) is 20.0 Å². The lowest BCUT2D eigenvalue weighted by molar-refractivity contribution is -0.142. The fourth-order valence-corrected chi connectivity index (χ4v) is 3.53. The molecule has 0 bridgehead atoms. The molecule has 148 valence electrons. The van der Waals surface area contributed by atoms with E-state index in [0.717, 1.165) is 0 Å². The van der Waals surface area contributed by atoms with Gasteiger partial charge < -0.3 is 15.0 Å². The number of nitrogens with zero attached hydrogens (tertiary/aromatic N) is 2. The van der Waals surface area contributed by atoms with Gasteiger partial charge in [0.15, 0.2) is 5.13 Å². The number of rotatable bonds is 6. The molecule has 0 unspecified atom stereocenters. The zero-order chi connectivity index (χ0) is 20.1. The lowest BCUT2D eigenvalue weighted by Crippen LogP contribution is -2.39. The van der Waals surface area contributed by atoms with Crippen molar-refractivity contribution in [1.82, 2.24) is 10.3 Å². The smallest absolute Gasteiger partial charge is 0.321 e. The highest BCUT2D eigenvalue weighted by atomic mass is 32.1. The number of hydrogen-bond acceptors (Lipinski definition) is 6. The Bertz CT molecular complexity index is 888. The van der Waals surface area contributed by atoms with E-state index in [0.29, 0.717) is 23.1 Å². The molecule has 0 saturated carbocycles. The topological polar surface area (TPSA) is 101 Å². The quantitative estimate of drug-likeness (QED) is 0.717. The normalized spacial score (nSPS) is 16.1. The van der Waals surface area contributed by atoms with E-state index in [4.69, 9.17) is 4.74 Å². The van der Waals surface area contributed by atoms with Crippen molar-refractivity contribution in [3.05, 3.63) is 41.2 Å². The first kappa shape index (κ1) is 19.7. The fraction of sp³-hybridized carbons (Fsp3) is 0.333. The van der Waals surface area contributed by atoms with Gasteiger partial charge >= 0.3 is 12.0 Å². The highest BCUT2D eigenvalue weighted by Crippen LogP contribution is 2.22. The summed E-state index contributed by atoms with van der Waals surface area (Å²) < 4.78 is 18.2. The SMILES string of the molecule is CCOC(=O)Cc1csc(NC(=O)N[C@@H]2CC(=O)N(c3cccc(F)c3)C2)n1. The molecule has 2 heterocycles. The standard InChI is InChI=1S/C18H19FN4O4S/c1-2-27-16(25)8-13-10-28-18(21-13)22-17(26)20-12-7-15(24)23(9-12)14-5-3-4-11(19)6-14/h3-6,10,12H,2,7-9H2,1H3,(H2,20,21,22,26)/t12-/m1/s1. The molecule has 0 radical (unpaired) electrons. The Morgan fingerprint density at radius 1 is 1.43 bits per heavy atom. The zero-order valence-corrected chi connectivity index (χ0v) is 15.9. The van der Waals surface area contributed by atoms with Gasteiger partial charge in [0.05, 0.1) is 24.8 Å². The van der Waals surface area contributed by atoms with Crippen molar-refractivity contribution >= 4 is 40.1 Å². The van der Waals surface area contributed by atoms with Crippen LogP contribution in [-0.2, 0) is 20.7 Å². The van der Waals surface area contributed by atoms with Crippen LogP contribution in [0.3, 0.4) is 0 Å². The maximum atomic E-state index is 13.4. The van der Waals surface area contributed by atoms with Crippen molar-refractivity contribution in [2.75, 3.05) is 23.4 Å². The third-order valence-electron chi connectivity index (χ3n) is 3.98. The largest absolute Gasteiger partial charge is 0.466 e. The van der Waals surface area contributed by atoms with Crippen LogP contribution in [0.25, 0.3) is 0 Å². The van der Waals surface area contributed by atoms with E-state index in [2.05, 4.69) is 15.6 Å². The minimum absolute atomic E-state index is 0.0351. The molecule has 0 spiro atoms. The third-order valence-corrected chi connectivity index (χ3v) is 4.79. The summed E-state index contributed by atoms with van der Waals surface area (Å²) in [5, 5.41) is 7.30. The maximum absolute atomic E-state index is 13.4. The van der Waals surface area contributed by atoms with Crippen LogP contribution < -0.4 is 15.5 Å². The van der Waals surface area contributed by atoms with E-state index < -0.39 is 17.9 Å². The van der Waals surface area contributed by atoms with Crippen LogP contribution in [0.5, 0.6) is 0 Å². The van der Waals surface area contributed by atoms with E-state index in [9.17, 15) is 18.8 Å². The first-order chi connectivity index (χ1) is 13.4. The lowest BCUT2D eigenvalue weighted by Gasteiger charge is -2.17. The molecule has 1 aliphatic heterocycles. The number of hydrogen-bond donors (Lipinski definition) is 2. The van der Waals surface area contributed by atoms with Crippen LogP contribution in [0.2, 0.25) is 0 Å². The molecule has 28 heavy (non-hydrogen) atoms. The number of anilines is 2. The Kier molecular flexibility index (Phi) is 6.19. The van der Waals surface area contributed by atoms with Crippen LogP contribution >= 0.6 is 11.3 Å². The molecule has 10 heteroatoms. The lowest BCUT2D eigenvalue weighted by atomic mass is 10.2. The van der Waals surface area contributed by atoms with Gasteiger partial charge in [-0.1, -0.05) is 6.07 Å². The number of halogens is 1. The van der Waals surface area contributed by atoms with Crippen molar-refractivity contribution < 1.29 is 23.5 Å².